The highest BCUT2D eigenvalue weighted by Crippen LogP contribution is 2.12. The minimum absolute atomic E-state index is 0.0620. The van der Waals surface area contributed by atoms with Crippen LogP contribution in [0.4, 0.5) is 0 Å². The van der Waals surface area contributed by atoms with E-state index in [1.165, 1.54) is 6.92 Å². The Morgan fingerprint density at radius 2 is 2.21 bits per heavy atom. The van der Waals surface area contributed by atoms with E-state index < -0.39 is 0 Å². The third-order valence-electron chi connectivity index (χ3n) is 2.73. The average Bonchev–Trinajstić information content (AvgIpc) is 2.97. The molecule has 0 radical (unpaired) electrons. The second-order valence-electron chi connectivity index (χ2n) is 4.38. The molecular weight excluding hydrogens is 262 g/mol. The molecule has 2 heterocycles. The van der Waals surface area contributed by atoms with Gasteiger partial charge in [0.2, 0.25) is 0 Å². The van der Waals surface area contributed by atoms with Crippen LogP contribution in [0.2, 0.25) is 0 Å². The van der Waals surface area contributed by atoms with Crippen LogP contribution in [0, 0.1) is 6.92 Å². The van der Waals surface area contributed by atoms with Gasteiger partial charge in [0.1, 0.15) is 5.69 Å². The van der Waals surface area contributed by atoms with Gasteiger partial charge in [-0.1, -0.05) is 0 Å². The molecule has 5 nitrogen and oxygen atoms in total. The van der Waals surface area contributed by atoms with E-state index in [9.17, 15) is 9.59 Å². The number of aryl methyl sites for hydroxylation is 1. The van der Waals surface area contributed by atoms with E-state index >= 15 is 0 Å². The second-order valence-corrected chi connectivity index (χ2v) is 5.44. The van der Waals surface area contributed by atoms with E-state index in [4.69, 9.17) is 0 Å². The lowest BCUT2D eigenvalue weighted by molar-refractivity contribution is 0.0778. The Hall–Kier alpha value is -1.95. The number of amides is 1. The fourth-order valence-corrected chi connectivity index (χ4v) is 2.33. The summed E-state index contributed by atoms with van der Waals surface area (Å²) in [6, 6.07) is 1.58. The molecule has 0 spiro atoms. The van der Waals surface area contributed by atoms with Crippen LogP contribution >= 0.6 is 11.3 Å². The van der Waals surface area contributed by atoms with Gasteiger partial charge in [-0.3, -0.25) is 9.59 Å². The van der Waals surface area contributed by atoms with Gasteiger partial charge < -0.3 is 9.88 Å². The zero-order chi connectivity index (χ0) is 14.0. The van der Waals surface area contributed by atoms with Crippen molar-refractivity contribution >= 4 is 23.0 Å². The van der Waals surface area contributed by atoms with Gasteiger partial charge in [-0.25, -0.2) is 4.98 Å². The predicted molar refractivity (Wildman–Crippen MR) is 73.4 cm³/mol. The number of nitrogens with zero attached hydrogens (tertiary/aromatic N) is 2. The van der Waals surface area contributed by atoms with Gasteiger partial charge in [-0.2, -0.15) is 0 Å². The zero-order valence-corrected chi connectivity index (χ0v) is 11.9. The largest absolute Gasteiger partial charge is 0.356 e. The fourth-order valence-electron chi connectivity index (χ4n) is 1.72. The number of thiazole rings is 1. The number of carbonyl (C=O) groups is 2. The average molecular weight is 277 g/mol. The first-order valence-electron chi connectivity index (χ1n) is 5.83. The Labute approximate surface area is 115 Å². The van der Waals surface area contributed by atoms with E-state index in [0.717, 1.165) is 10.7 Å². The van der Waals surface area contributed by atoms with Gasteiger partial charge in [0.15, 0.2) is 5.78 Å². The van der Waals surface area contributed by atoms with Crippen molar-refractivity contribution in [1.29, 1.82) is 0 Å². The lowest BCUT2D eigenvalue weighted by Crippen LogP contribution is -2.26. The maximum atomic E-state index is 12.2. The van der Waals surface area contributed by atoms with E-state index in [0.29, 0.717) is 17.8 Å². The van der Waals surface area contributed by atoms with E-state index in [-0.39, 0.29) is 11.7 Å². The van der Waals surface area contributed by atoms with Crippen molar-refractivity contribution in [3.63, 3.8) is 0 Å². The second kappa shape index (κ2) is 5.36. The Morgan fingerprint density at radius 3 is 2.74 bits per heavy atom. The molecule has 0 fully saturated rings. The molecule has 0 atom stereocenters. The summed E-state index contributed by atoms with van der Waals surface area (Å²) in [5.74, 6) is -0.216. The molecule has 2 rings (SSSR count). The molecule has 2 aromatic heterocycles. The smallest absolute Gasteiger partial charge is 0.270 e. The highest BCUT2D eigenvalue weighted by molar-refractivity contribution is 7.09. The minimum atomic E-state index is -0.154. The number of aromatic amines is 1. The molecule has 0 saturated heterocycles. The third-order valence-corrected chi connectivity index (χ3v) is 3.55. The van der Waals surface area contributed by atoms with Crippen LogP contribution in [0.25, 0.3) is 0 Å². The highest BCUT2D eigenvalue weighted by Gasteiger charge is 2.16. The summed E-state index contributed by atoms with van der Waals surface area (Å²) < 4.78 is 0. The summed E-state index contributed by atoms with van der Waals surface area (Å²) in [7, 11) is 1.71. The van der Waals surface area contributed by atoms with Gasteiger partial charge in [0.25, 0.3) is 5.91 Å². The molecule has 2 aromatic rings. The van der Waals surface area contributed by atoms with Crippen LogP contribution in [-0.4, -0.2) is 33.6 Å². The number of Topliss-reactive ketones (excluding diaryl/α,β-unsaturated/α-hetero) is 1. The van der Waals surface area contributed by atoms with Crippen LogP contribution in [0.3, 0.4) is 0 Å². The van der Waals surface area contributed by atoms with Gasteiger partial charge in [0.05, 0.1) is 17.2 Å². The predicted octanol–water partition coefficient (Wildman–Crippen LogP) is 2.25. The molecule has 0 bridgehead atoms. The van der Waals surface area contributed by atoms with Crippen LogP contribution in [0.5, 0.6) is 0 Å². The molecular formula is C13H15N3O2S. The van der Waals surface area contributed by atoms with Crippen LogP contribution in [-0.2, 0) is 6.54 Å². The van der Waals surface area contributed by atoms with Crippen LogP contribution in [0.15, 0.2) is 17.6 Å². The Kier molecular flexibility index (Phi) is 3.80. The number of hydrogen-bond donors (Lipinski definition) is 1. The molecule has 1 amide bonds. The quantitative estimate of drug-likeness (QED) is 0.872. The molecule has 0 aliphatic rings. The van der Waals surface area contributed by atoms with Crippen molar-refractivity contribution in [1.82, 2.24) is 14.9 Å². The van der Waals surface area contributed by atoms with Crippen molar-refractivity contribution in [2.45, 2.75) is 20.4 Å². The lowest BCUT2D eigenvalue weighted by Gasteiger charge is -2.14. The molecule has 1 N–H and O–H groups in total. The van der Waals surface area contributed by atoms with Crippen molar-refractivity contribution in [2.24, 2.45) is 0 Å². The summed E-state index contributed by atoms with van der Waals surface area (Å²) in [6.45, 7) is 3.86. The van der Waals surface area contributed by atoms with Gasteiger partial charge in [0, 0.05) is 24.2 Å². The SMILES string of the molecule is CC(=O)c1c[nH]c(C(=O)N(C)Cc2csc(C)n2)c1. The van der Waals surface area contributed by atoms with E-state index in [2.05, 4.69) is 9.97 Å². The van der Waals surface area contributed by atoms with Gasteiger partial charge >= 0.3 is 0 Å². The summed E-state index contributed by atoms with van der Waals surface area (Å²) in [4.78, 5) is 32.1. The van der Waals surface area contributed by atoms with Crippen molar-refractivity contribution in [3.8, 4) is 0 Å². The van der Waals surface area contributed by atoms with Crippen LogP contribution < -0.4 is 0 Å². The lowest BCUT2D eigenvalue weighted by atomic mass is 10.2. The monoisotopic (exact) mass is 277 g/mol. The summed E-state index contributed by atoms with van der Waals surface area (Å²) >= 11 is 1.56. The summed E-state index contributed by atoms with van der Waals surface area (Å²) in [6.07, 6.45) is 1.55. The summed E-state index contributed by atoms with van der Waals surface area (Å²) in [5, 5.41) is 2.92. The topological polar surface area (TPSA) is 66.1 Å². The summed E-state index contributed by atoms with van der Waals surface area (Å²) in [5.41, 5.74) is 1.80. The highest BCUT2D eigenvalue weighted by atomic mass is 32.1. The fraction of sp³-hybridized carbons (Fsp3) is 0.308. The Balaban J connectivity index is 2.07. The number of rotatable bonds is 4. The van der Waals surface area contributed by atoms with Crippen LogP contribution in [0.1, 0.15) is 38.5 Å². The molecule has 19 heavy (non-hydrogen) atoms. The van der Waals surface area contributed by atoms with Crippen molar-refractivity contribution in [2.75, 3.05) is 7.05 Å². The number of ketones is 1. The maximum Gasteiger partial charge on any atom is 0.270 e. The molecule has 6 heteroatoms. The first-order chi connectivity index (χ1) is 8.97. The molecule has 0 unspecified atom stereocenters. The van der Waals surface area contributed by atoms with Gasteiger partial charge in [-0.05, 0) is 19.9 Å². The Bertz CT molecular complexity index is 615. The van der Waals surface area contributed by atoms with E-state index in [1.54, 1.807) is 35.5 Å². The molecule has 0 aromatic carbocycles. The number of aromatic nitrogens is 2. The number of hydrogen-bond acceptors (Lipinski definition) is 4. The minimum Gasteiger partial charge on any atom is -0.356 e. The first kappa shape index (κ1) is 13.5. The van der Waals surface area contributed by atoms with E-state index in [1.807, 2.05) is 12.3 Å². The molecule has 0 aliphatic carbocycles. The molecule has 100 valence electrons. The number of nitrogens with one attached hydrogen (secondary N) is 1. The Morgan fingerprint density at radius 1 is 1.47 bits per heavy atom. The number of H-pyrrole nitrogens is 1. The van der Waals surface area contributed by atoms with Crippen molar-refractivity contribution in [3.05, 3.63) is 39.6 Å². The first-order valence-corrected chi connectivity index (χ1v) is 6.71. The third kappa shape index (κ3) is 3.08. The van der Waals surface area contributed by atoms with Crippen molar-refractivity contribution < 1.29 is 9.59 Å². The molecule has 0 saturated carbocycles. The standard InChI is InChI=1S/C13H15N3O2S/c1-8(17)10-4-12(14-5-10)13(18)16(3)6-11-7-19-9(2)15-11/h4-5,7,14H,6H2,1-3H3. The number of carbonyl (C=O) groups excluding carboxylic acids is 2. The van der Waals surface area contributed by atoms with Gasteiger partial charge in [-0.15, -0.1) is 11.3 Å². The molecule has 0 aliphatic heterocycles. The zero-order valence-electron chi connectivity index (χ0n) is 11.1. The maximum absolute atomic E-state index is 12.2. The normalized spacial score (nSPS) is 10.5.